The molecule has 0 bridgehead atoms. The third-order valence-electron chi connectivity index (χ3n) is 5.15. The second kappa shape index (κ2) is 12.1. The first-order chi connectivity index (χ1) is 16.8. The zero-order valence-corrected chi connectivity index (χ0v) is 20.1. The van der Waals surface area contributed by atoms with Crippen molar-refractivity contribution in [2.24, 2.45) is 0 Å². The lowest BCUT2D eigenvalue weighted by molar-refractivity contribution is -0.132. The summed E-state index contributed by atoms with van der Waals surface area (Å²) in [6.45, 7) is 0.688. The lowest BCUT2D eigenvalue weighted by Crippen LogP contribution is -2.31. The zero-order chi connectivity index (χ0) is 25.4. The monoisotopic (exact) mass is 497 g/mol. The minimum absolute atomic E-state index is 0.0184. The van der Waals surface area contributed by atoms with Crippen LogP contribution in [0.15, 0.2) is 52.8 Å². The average molecular weight is 498 g/mol. The van der Waals surface area contributed by atoms with Gasteiger partial charge in [-0.05, 0) is 42.1 Å². The third kappa shape index (κ3) is 6.62. The first-order valence-corrected chi connectivity index (χ1v) is 11.6. The molecule has 182 valence electrons. The summed E-state index contributed by atoms with van der Waals surface area (Å²) in [4.78, 5) is 40.7. The molecule has 3 aromatic rings. The van der Waals surface area contributed by atoms with Crippen molar-refractivity contribution >= 4 is 23.0 Å². The Morgan fingerprint density at radius 2 is 2.06 bits per heavy atom. The summed E-state index contributed by atoms with van der Waals surface area (Å²) in [6.07, 6.45) is 1.82. The Kier molecular flexibility index (Phi) is 8.89. The van der Waals surface area contributed by atoms with Crippen LogP contribution in [-0.4, -0.2) is 48.5 Å². The Balaban J connectivity index is 1.83. The molecule has 3 rings (SSSR count). The van der Waals surface area contributed by atoms with Gasteiger partial charge in [0.1, 0.15) is 23.2 Å². The first kappa shape index (κ1) is 25.8. The van der Waals surface area contributed by atoms with Gasteiger partial charge in [-0.25, -0.2) is 4.39 Å². The average Bonchev–Trinajstić information content (AvgIpc) is 3.36. The van der Waals surface area contributed by atoms with Gasteiger partial charge < -0.3 is 18.9 Å². The van der Waals surface area contributed by atoms with E-state index in [1.807, 2.05) is 17.5 Å². The fraction of sp³-hybridized carbons (Fsp3) is 0.280. The van der Waals surface area contributed by atoms with Crippen LogP contribution in [0, 0.1) is 17.1 Å². The molecule has 0 N–H and O–H groups in total. The highest BCUT2D eigenvalue weighted by atomic mass is 32.1. The Morgan fingerprint density at radius 1 is 1.26 bits per heavy atom. The van der Waals surface area contributed by atoms with Crippen LogP contribution in [0.4, 0.5) is 4.39 Å². The number of thiophene rings is 1. The van der Waals surface area contributed by atoms with E-state index in [9.17, 15) is 24.0 Å². The van der Waals surface area contributed by atoms with E-state index >= 15 is 0 Å². The van der Waals surface area contributed by atoms with Gasteiger partial charge in [0.05, 0.1) is 12.1 Å². The van der Waals surface area contributed by atoms with Crippen LogP contribution >= 0.6 is 11.3 Å². The van der Waals surface area contributed by atoms with Gasteiger partial charge in [-0.1, -0.05) is 6.07 Å². The van der Waals surface area contributed by atoms with Gasteiger partial charge >= 0.3 is 0 Å². The van der Waals surface area contributed by atoms with Gasteiger partial charge in [-0.2, -0.15) is 5.26 Å². The number of methoxy groups -OCH3 is 1. The van der Waals surface area contributed by atoms with Gasteiger partial charge in [0.2, 0.25) is 0 Å². The minimum atomic E-state index is -0.671. The van der Waals surface area contributed by atoms with Gasteiger partial charge in [-0.15, -0.1) is 11.3 Å². The van der Waals surface area contributed by atoms with E-state index in [1.54, 1.807) is 13.1 Å². The van der Waals surface area contributed by atoms with E-state index in [2.05, 4.69) is 0 Å². The summed E-state index contributed by atoms with van der Waals surface area (Å²) in [5.41, 5.74) is -0.840. The third-order valence-corrected chi connectivity index (χ3v) is 6.01. The number of ketones is 1. The highest BCUT2D eigenvalue weighted by Crippen LogP contribution is 2.23. The Hall–Kier alpha value is -3.81. The molecule has 0 spiro atoms. The maximum atomic E-state index is 14.1. The molecule has 0 aliphatic rings. The number of carbonyl (C=O) groups is 2. The molecule has 10 heteroatoms. The van der Waals surface area contributed by atoms with Gasteiger partial charge in [-0.3, -0.25) is 14.4 Å². The summed E-state index contributed by atoms with van der Waals surface area (Å²) in [6, 6.07) is 10.2. The van der Waals surface area contributed by atoms with Crippen LogP contribution in [0.25, 0.3) is 0 Å². The number of benzene rings is 1. The molecule has 0 radical (unpaired) electrons. The number of likely N-dealkylation sites (N-methyl/N-ethyl adjacent to an activating group) is 1. The number of carbonyl (C=O) groups excluding carboxylic acids is 2. The molecule has 0 fully saturated rings. The van der Waals surface area contributed by atoms with Gasteiger partial charge in [0, 0.05) is 43.9 Å². The quantitative estimate of drug-likeness (QED) is 0.298. The molecule has 2 aromatic heterocycles. The predicted molar refractivity (Wildman–Crippen MR) is 128 cm³/mol. The van der Waals surface area contributed by atoms with Crippen molar-refractivity contribution in [1.29, 1.82) is 5.26 Å². The summed E-state index contributed by atoms with van der Waals surface area (Å²) in [7, 11) is 3.16. The number of halogens is 1. The lowest BCUT2D eigenvalue weighted by Gasteiger charge is -2.17. The second-order valence-electron chi connectivity index (χ2n) is 7.69. The van der Waals surface area contributed by atoms with E-state index in [0.717, 1.165) is 17.0 Å². The maximum Gasteiger partial charge on any atom is 0.268 e. The minimum Gasteiger partial charge on any atom is -0.483 e. The number of ether oxygens (including phenoxy) is 2. The van der Waals surface area contributed by atoms with Crippen molar-refractivity contribution in [3.05, 3.63) is 85.7 Å². The maximum absolute atomic E-state index is 14.1. The molecular formula is C25H24FN3O5S. The molecule has 0 saturated heterocycles. The number of hydrogen-bond acceptors (Lipinski definition) is 7. The second-order valence-corrected chi connectivity index (χ2v) is 8.72. The van der Waals surface area contributed by atoms with Crippen LogP contribution < -0.4 is 10.3 Å². The molecule has 35 heavy (non-hydrogen) atoms. The fourth-order valence-electron chi connectivity index (χ4n) is 3.32. The molecule has 2 heterocycles. The predicted octanol–water partition coefficient (Wildman–Crippen LogP) is 3.23. The van der Waals surface area contributed by atoms with Crippen molar-refractivity contribution in [2.75, 3.05) is 27.4 Å². The van der Waals surface area contributed by atoms with Crippen molar-refractivity contribution < 1.29 is 23.5 Å². The van der Waals surface area contributed by atoms with Crippen LogP contribution in [0.1, 0.15) is 32.8 Å². The van der Waals surface area contributed by atoms with E-state index in [-0.39, 0.29) is 41.5 Å². The SMILES string of the molecule is COCCCn1cc(C(=O)c2cc(F)ccc2OCC(=O)N(C)Cc2cccs2)cc(C#N)c1=O. The number of aromatic nitrogens is 1. The molecule has 1 amide bonds. The Labute approximate surface area is 205 Å². The zero-order valence-electron chi connectivity index (χ0n) is 19.3. The number of amides is 1. The number of nitrogens with zero attached hydrogens (tertiary/aromatic N) is 3. The molecule has 1 aromatic carbocycles. The van der Waals surface area contributed by atoms with Gasteiger partial charge in [0.15, 0.2) is 12.4 Å². The fourth-order valence-corrected chi connectivity index (χ4v) is 4.08. The molecular weight excluding hydrogens is 473 g/mol. The van der Waals surface area contributed by atoms with Crippen molar-refractivity contribution in [1.82, 2.24) is 9.47 Å². The van der Waals surface area contributed by atoms with E-state index in [1.165, 1.54) is 46.2 Å². The number of hydrogen-bond donors (Lipinski definition) is 0. The van der Waals surface area contributed by atoms with Crippen molar-refractivity contribution in [3.63, 3.8) is 0 Å². The van der Waals surface area contributed by atoms with Crippen LogP contribution in [0.3, 0.4) is 0 Å². The number of rotatable bonds is 11. The summed E-state index contributed by atoms with van der Waals surface area (Å²) < 4.78 is 25.9. The van der Waals surface area contributed by atoms with Crippen LogP contribution in [-0.2, 0) is 22.6 Å². The van der Waals surface area contributed by atoms with Crippen LogP contribution in [0.2, 0.25) is 0 Å². The van der Waals surface area contributed by atoms with Gasteiger partial charge in [0.25, 0.3) is 11.5 Å². The number of nitriles is 1. The van der Waals surface area contributed by atoms with E-state index in [0.29, 0.717) is 19.6 Å². The van der Waals surface area contributed by atoms with E-state index in [4.69, 9.17) is 9.47 Å². The van der Waals surface area contributed by atoms with Crippen molar-refractivity contribution in [2.45, 2.75) is 19.5 Å². The first-order valence-electron chi connectivity index (χ1n) is 10.7. The molecule has 8 nitrogen and oxygen atoms in total. The summed E-state index contributed by atoms with van der Waals surface area (Å²) in [5, 5.41) is 11.3. The number of aryl methyl sites for hydroxylation is 1. The molecule has 0 unspecified atom stereocenters. The normalized spacial score (nSPS) is 10.6. The lowest BCUT2D eigenvalue weighted by atomic mass is 10.0. The standard InChI is InChI=1S/C25H24FN3O5S/c1-28(15-20-5-3-10-35-20)23(30)16-34-22-7-6-19(26)12-21(22)24(31)18-11-17(13-27)25(32)29(14-18)8-4-9-33-2/h3,5-7,10-12,14H,4,8-9,15-16H2,1-2H3. The molecule has 0 aliphatic heterocycles. The molecule has 0 atom stereocenters. The largest absolute Gasteiger partial charge is 0.483 e. The topological polar surface area (TPSA) is 102 Å². The highest BCUT2D eigenvalue weighted by molar-refractivity contribution is 7.09. The highest BCUT2D eigenvalue weighted by Gasteiger charge is 2.20. The molecule has 0 saturated carbocycles. The summed E-state index contributed by atoms with van der Waals surface area (Å²) in [5.74, 6) is -1.61. The molecule has 0 aliphatic carbocycles. The van der Waals surface area contributed by atoms with E-state index < -0.39 is 17.2 Å². The Bertz CT molecular complexity index is 1300. The number of pyridine rings is 1. The summed E-state index contributed by atoms with van der Waals surface area (Å²) >= 11 is 1.52. The van der Waals surface area contributed by atoms with Crippen molar-refractivity contribution in [3.8, 4) is 11.8 Å². The Morgan fingerprint density at radius 3 is 2.74 bits per heavy atom. The van der Waals surface area contributed by atoms with Crippen LogP contribution in [0.5, 0.6) is 5.75 Å². The smallest absolute Gasteiger partial charge is 0.268 e.